The summed E-state index contributed by atoms with van der Waals surface area (Å²) in [5, 5.41) is 2.68. The molecule has 9 nitrogen and oxygen atoms in total. The van der Waals surface area contributed by atoms with Gasteiger partial charge in [-0.25, -0.2) is 8.42 Å². The molecule has 3 aromatic carbocycles. The second-order valence-electron chi connectivity index (χ2n) is 9.21. The van der Waals surface area contributed by atoms with E-state index in [1.165, 1.54) is 18.9 Å². The van der Waals surface area contributed by atoms with Gasteiger partial charge in [0.25, 0.3) is 0 Å². The lowest BCUT2D eigenvalue weighted by Crippen LogP contribution is -2.53. The molecule has 10 heteroatoms. The van der Waals surface area contributed by atoms with Crippen molar-refractivity contribution in [3.05, 3.63) is 89.5 Å². The number of ether oxygens (including phenoxy) is 2. The van der Waals surface area contributed by atoms with Gasteiger partial charge in [0.15, 0.2) is 11.5 Å². The van der Waals surface area contributed by atoms with E-state index in [0.29, 0.717) is 11.5 Å². The van der Waals surface area contributed by atoms with E-state index in [1.807, 2.05) is 61.5 Å². The molecule has 2 amide bonds. The third-order valence-electron chi connectivity index (χ3n) is 6.74. The van der Waals surface area contributed by atoms with E-state index in [0.717, 1.165) is 21.0 Å². The van der Waals surface area contributed by atoms with E-state index >= 15 is 0 Å². The van der Waals surface area contributed by atoms with Crippen LogP contribution in [-0.2, 0) is 32.6 Å². The number of aryl methyl sites for hydroxylation is 1. The van der Waals surface area contributed by atoms with Gasteiger partial charge in [0.1, 0.15) is 12.6 Å². The van der Waals surface area contributed by atoms with E-state index in [1.54, 1.807) is 18.2 Å². The van der Waals surface area contributed by atoms with Crippen LogP contribution in [0.15, 0.2) is 72.8 Å². The smallest absolute Gasteiger partial charge is 0.244 e. The molecule has 206 valence electrons. The summed E-state index contributed by atoms with van der Waals surface area (Å²) < 4.78 is 38.3. The second kappa shape index (κ2) is 12.2. The van der Waals surface area contributed by atoms with Gasteiger partial charge in [-0.05, 0) is 42.7 Å². The number of fused-ring (bicyclic) bond motifs is 1. The molecule has 4 rings (SSSR count). The molecule has 0 aliphatic carbocycles. The predicted molar refractivity (Wildman–Crippen MR) is 149 cm³/mol. The van der Waals surface area contributed by atoms with Crippen LogP contribution in [0.2, 0.25) is 0 Å². The van der Waals surface area contributed by atoms with E-state index in [-0.39, 0.29) is 37.1 Å². The molecule has 0 saturated heterocycles. The maximum absolute atomic E-state index is 14.1. The number of rotatable bonds is 11. The number of benzene rings is 3. The van der Waals surface area contributed by atoms with Gasteiger partial charge in [-0.15, -0.1) is 0 Å². The number of carbonyl (C=O) groups excluding carboxylic acids is 2. The van der Waals surface area contributed by atoms with Gasteiger partial charge >= 0.3 is 0 Å². The van der Waals surface area contributed by atoms with Crippen LogP contribution in [0.3, 0.4) is 0 Å². The number of nitrogens with one attached hydrogen (secondary N) is 1. The molecule has 0 bridgehead atoms. The number of nitrogens with zero attached hydrogens (tertiary/aromatic N) is 2. The van der Waals surface area contributed by atoms with Gasteiger partial charge in [0.2, 0.25) is 28.6 Å². The molecule has 0 radical (unpaired) electrons. The van der Waals surface area contributed by atoms with Crippen LogP contribution >= 0.6 is 0 Å². The fourth-order valence-corrected chi connectivity index (χ4v) is 5.51. The molecule has 39 heavy (non-hydrogen) atoms. The summed E-state index contributed by atoms with van der Waals surface area (Å²) in [4.78, 5) is 28.8. The van der Waals surface area contributed by atoms with Crippen molar-refractivity contribution in [2.75, 3.05) is 30.4 Å². The van der Waals surface area contributed by atoms with Gasteiger partial charge in [0, 0.05) is 26.1 Å². The standard InChI is InChI=1S/C29H33N3O6S/c1-4-39(35,36)32(24-14-15-26-27(17-24)38-20-37-26)19-28(33)31(18-23-13-9-8-10-21(23)2)25(29(34)30-3)16-22-11-6-5-7-12-22/h5-15,17,25H,4,16,18-20H2,1-3H3,(H,30,34)/t25-/m0/s1. The lowest BCUT2D eigenvalue weighted by atomic mass is 10.0. The minimum atomic E-state index is -3.86. The largest absolute Gasteiger partial charge is 0.454 e. The number of likely N-dealkylation sites (N-methyl/N-ethyl adjacent to an activating group) is 1. The lowest BCUT2D eigenvalue weighted by molar-refractivity contribution is -0.139. The van der Waals surface area contributed by atoms with Crippen molar-refractivity contribution < 1.29 is 27.5 Å². The third-order valence-corrected chi connectivity index (χ3v) is 8.48. The zero-order chi connectivity index (χ0) is 28.0. The summed E-state index contributed by atoms with van der Waals surface area (Å²) in [5.41, 5.74) is 2.98. The van der Waals surface area contributed by atoms with E-state index in [4.69, 9.17) is 9.47 Å². The zero-order valence-corrected chi connectivity index (χ0v) is 23.1. The molecular formula is C29H33N3O6S. The van der Waals surface area contributed by atoms with Crippen LogP contribution in [0.5, 0.6) is 11.5 Å². The summed E-state index contributed by atoms with van der Waals surface area (Å²) in [7, 11) is -2.34. The van der Waals surface area contributed by atoms with Crippen molar-refractivity contribution >= 4 is 27.5 Å². The van der Waals surface area contributed by atoms with Crippen LogP contribution in [0.25, 0.3) is 0 Å². The molecule has 1 N–H and O–H groups in total. The Morgan fingerprint density at radius 2 is 1.67 bits per heavy atom. The van der Waals surface area contributed by atoms with E-state index in [9.17, 15) is 18.0 Å². The Morgan fingerprint density at radius 1 is 0.974 bits per heavy atom. The summed E-state index contributed by atoms with van der Waals surface area (Å²) in [6, 6.07) is 20.9. The molecule has 0 unspecified atom stereocenters. The van der Waals surface area contributed by atoms with Crippen LogP contribution < -0.4 is 19.1 Å². The number of amides is 2. The number of hydrogen-bond acceptors (Lipinski definition) is 6. The Bertz CT molecular complexity index is 1430. The highest BCUT2D eigenvalue weighted by atomic mass is 32.2. The highest BCUT2D eigenvalue weighted by Gasteiger charge is 2.34. The quantitative estimate of drug-likeness (QED) is 0.392. The SMILES string of the molecule is CCS(=O)(=O)N(CC(=O)N(Cc1ccccc1C)[C@@H](Cc1ccccc1)C(=O)NC)c1ccc2c(c1)OCO2. The van der Waals surface area contributed by atoms with Crippen molar-refractivity contribution in [1.82, 2.24) is 10.2 Å². The average Bonchev–Trinajstić information content (AvgIpc) is 3.42. The molecule has 3 aromatic rings. The Labute approximate surface area is 229 Å². The molecule has 0 aromatic heterocycles. The van der Waals surface area contributed by atoms with Crippen LogP contribution in [0, 0.1) is 6.92 Å². The molecule has 1 heterocycles. The molecule has 0 spiro atoms. The fraction of sp³-hybridized carbons (Fsp3) is 0.310. The molecule has 0 saturated carbocycles. The Kier molecular flexibility index (Phi) is 8.75. The minimum absolute atomic E-state index is 0.0374. The van der Waals surface area contributed by atoms with Gasteiger partial charge in [0.05, 0.1) is 11.4 Å². The summed E-state index contributed by atoms with van der Waals surface area (Å²) >= 11 is 0. The molecule has 1 aliphatic heterocycles. The van der Waals surface area contributed by atoms with Crippen LogP contribution in [-0.4, -0.2) is 57.3 Å². The number of anilines is 1. The first-order valence-electron chi connectivity index (χ1n) is 12.7. The van der Waals surface area contributed by atoms with Crippen molar-refractivity contribution in [3.8, 4) is 11.5 Å². The molecule has 1 atom stereocenters. The summed E-state index contributed by atoms with van der Waals surface area (Å²) in [5.74, 6) is -0.149. The van der Waals surface area contributed by atoms with Gasteiger partial charge in [-0.1, -0.05) is 54.6 Å². The first-order valence-corrected chi connectivity index (χ1v) is 14.3. The Morgan fingerprint density at radius 3 is 2.36 bits per heavy atom. The lowest BCUT2D eigenvalue weighted by Gasteiger charge is -2.33. The highest BCUT2D eigenvalue weighted by molar-refractivity contribution is 7.92. The monoisotopic (exact) mass is 551 g/mol. The molecular weight excluding hydrogens is 518 g/mol. The molecule has 1 aliphatic rings. The minimum Gasteiger partial charge on any atom is -0.454 e. The maximum atomic E-state index is 14.1. The maximum Gasteiger partial charge on any atom is 0.244 e. The van der Waals surface area contributed by atoms with Crippen molar-refractivity contribution in [2.45, 2.75) is 32.9 Å². The zero-order valence-electron chi connectivity index (χ0n) is 22.3. The van der Waals surface area contributed by atoms with Gasteiger partial charge < -0.3 is 19.7 Å². The van der Waals surface area contributed by atoms with Gasteiger partial charge in [-0.3, -0.25) is 13.9 Å². The Balaban J connectivity index is 1.73. The molecule has 0 fully saturated rings. The van der Waals surface area contributed by atoms with Crippen LogP contribution in [0.4, 0.5) is 5.69 Å². The van der Waals surface area contributed by atoms with E-state index in [2.05, 4.69) is 5.32 Å². The highest BCUT2D eigenvalue weighted by Crippen LogP contribution is 2.36. The number of carbonyl (C=O) groups is 2. The summed E-state index contributed by atoms with van der Waals surface area (Å²) in [6.07, 6.45) is 0.267. The summed E-state index contributed by atoms with van der Waals surface area (Å²) in [6.45, 7) is 3.15. The second-order valence-corrected chi connectivity index (χ2v) is 11.4. The van der Waals surface area contributed by atoms with E-state index < -0.39 is 28.5 Å². The predicted octanol–water partition coefficient (Wildman–Crippen LogP) is 3.27. The third kappa shape index (κ3) is 6.51. The number of sulfonamides is 1. The number of hydrogen-bond donors (Lipinski definition) is 1. The average molecular weight is 552 g/mol. The van der Waals surface area contributed by atoms with Gasteiger partial charge in [-0.2, -0.15) is 0 Å². The van der Waals surface area contributed by atoms with Crippen molar-refractivity contribution in [2.24, 2.45) is 0 Å². The first-order chi connectivity index (χ1) is 18.7. The fourth-order valence-electron chi connectivity index (χ4n) is 4.45. The topological polar surface area (TPSA) is 105 Å². The van der Waals surface area contributed by atoms with Crippen LogP contribution in [0.1, 0.15) is 23.6 Å². The van der Waals surface area contributed by atoms with Crippen molar-refractivity contribution in [1.29, 1.82) is 0 Å². The van der Waals surface area contributed by atoms with Crippen molar-refractivity contribution in [3.63, 3.8) is 0 Å². The normalized spacial score (nSPS) is 13.0. The Hall–Kier alpha value is -4.05. The first kappa shape index (κ1) is 28.0.